The van der Waals surface area contributed by atoms with E-state index in [0.29, 0.717) is 18.2 Å². The first kappa shape index (κ1) is 19.4. The zero-order valence-electron chi connectivity index (χ0n) is 16.5. The number of rotatable bonds is 6. The Morgan fingerprint density at radius 2 is 1.75 bits per heavy atom. The summed E-state index contributed by atoms with van der Waals surface area (Å²) < 4.78 is 5.16. The molecule has 0 bridgehead atoms. The Kier molecular flexibility index (Phi) is 5.89. The molecule has 0 aliphatic rings. The molecule has 1 heterocycles. The summed E-state index contributed by atoms with van der Waals surface area (Å²) in [6.07, 6.45) is 0. The topological polar surface area (TPSA) is 76.1 Å². The van der Waals surface area contributed by atoms with E-state index in [4.69, 9.17) is 4.74 Å². The summed E-state index contributed by atoms with van der Waals surface area (Å²) in [5.41, 5.74) is 5.05. The molecule has 2 aromatic carbocycles. The lowest BCUT2D eigenvalue weighted by Gasteiger charge is -2.11. The third-order valence-corrected chi connectivity index (χ3v) is 4.33. The lowest BCUT2D eigenvalue weighted by Crippen LogP contribution is -2.16. The number of aryl methyl sites for hydroxylation is 3. The van der Waals surface area contributed by atoms with Crippen molar-refractivity contribution in [3.8, 4) is 5.75 Å². The molecule has 6 heteroatoms. The van der Waals surface area contributed by atoms with E-state index in [1.165, 1.54) is 0 Å². The Morgan fingerprint density at radius 3 is 2.43 bits per heavy atom. The van der Waals surface area contributed by atoms with Crippen LogP contribution in [-0.4, -0.2) is 23.0 Å². The second-order valence-electron chi connectivity index (χ2n) is 6.69. The van der Waals surface area contributed by atoms with Crippen LogP contribution >= 0.6 is 0 Å². The van der Waals surface area contributed by atoms with Crippen LogP contribution in [0.3, 0.4) is 0 Å². The molecule has 0 aliphatic carbocycles. The summed E-state index contributed by atoms with van der Waals surface area (Å²) in [7, 11) is 1.64. The molecule has 3 rings (SSSR count). The van der Waals surface area contributed by atoms with Gasteiger partial charge in [0.1, 0.15) is 11.4 Å². The van der Waals surface area contributed by atoms with E-state index in [1.807, 2.05) is 63.2 Å². The molecule has 0 atom stereocenters. The van der Waals surface area contributed by atoms with Crippen LogP contribution in [0.5, 0.6) is 5.75 Å². The molecule has 1 aromatic heterocycles. The number of nitrogens with zero attached hydrogens (tertiary/aromatic N) is 2. The predicted octanol–water partition coefficient (Wildman–Crippen LogP) is 4.27. The molecule has 0 unspecified atom stereocenters. The van der Waals surface area contributed by atoms with Crippen molar-refractivity contribution in [2.24, 2.45) is 0 Å². The predicted molar refractivity (Wildman–Crippen MR) is 111 cm³/mol. The zero-order valence-corrected chi connectivity index (χ0v) is 16.5. The molecule has 1 amide bonds. The summed E-state index contributed by atoms with van der Waals surface area (Å²) in [6.45, 7) is 6.38. The normalized spacial score (nSPS) is 10.4. The van der Waals surface area contributed by atoms with Crippen molar-refractivity contribution in [3.63, 3.8) is 0 Å². The van der Waals surface area contributed by atoms with Gasteiger partial charge in [-0.1, -0.05) is 29.8 Å². The van der Waals surface area contributed by atoms with Gasteiger partial charge < -0.3 is 15.4 Å². The fraction of sp³-hybridized carbons (Fsp3) is 0.227. The molecule has 28 heavy (non-hydrogen) atoms. The van der Waals surface area contributed by atoms with E-state index in [9.17, 15) is 4.79 Å². The minimum atomic E-state index is -0.259. The maximum atomic E-state index is 12.7. The van der Waals surface area contributed by atoms with Crippen molar-refractivity contribution in [1.82, 2.24) is 9.97 Å². The highest BCUT2D eigenvalue weighted by Gasteiger charge is 2.12. The van der Waals surface area contributed by atoms with E-state index < -0.39 is 0 Å². The van der Waals surface area contributed by atoms with E-state index >= 15 is 0 Å². The Hall–Kier alpha value is -3.41. The van der Waals surface area contributed by atoms with Gasteiger partial charge in [0, 0.05) is 17.9 Å². The first-order valence-corrected chi connectivity index (χ1v) is 9.05. The van der Waals surface area contributed by atoms with Gasteiger partial charge in [-0.3, -0.25) is 4.79 Å². The van der Waals surface area contributed by atoms with Crippen molar-refractivity contribution in [1.29, 1.82) is 0 Å². The van der Waals surface area contributed by atoms with E-state index in [1.54, 1.807) is 13.2 Å². The quantitative estimate of drug-likeness (QED) is 0.672. The number of benzene rings is 2. The van der Waals surface area contributed by atoms with Crippen LogP contribution in [0.25, 0.3) is 0 Å². The van der Waals surface area contributed by atoms with Gasteiger partial charge in [0.2, 0.25) is 5.95 Å². The molecular formula is C22H24N4O2. The van der Waals surface area contributed by atoms with Gasteiger partial charge in [0.05, 0.1) is 7.11 Å². The molecule has 2 N–H and O–H groups in total. The molecule has 3 aromatic rings. The first-order chi connectivity index (χ1) is 13.4. The summed E-state index contributed by atoms with van der Waals surface area (Å²) in [4.78, 5) is 21.4. The maximum Gasteiger partial charge on any atom is 0.274 e. The number of nitrogens with one attached hydrogen (secondary N) is 2. The van der Waals surface area contributed by atoms with Gasteiger partial charge in [-0.15, -0.1) is 0 Å². The smallest absolute Gasteiger partial charge is 0.274 e. The van der Waals surface area contributed by atoms with Gasteiger partial charge in [0.25, 0.3) is 5.91 Å². The highest BCUT2D eigenvalue weighted by atomic mass is 16.5. The summed E-state index contributed by atoms with van der Waals surface area (Å²) in [6, 6.07) is 15.3. The molecule has 0 spiro atoms. The number of ether oxygens (including phenoxy) is 1. The lowest BCUT2D eigenvalue weighted by molar-refractivity contribution is 0.102. The molecule has 0 radical (unpaired) electrons. The number of carbonyl (C=O) groups excluding carboxylic acids is 1. The number of hydrogen-bond donors (Lipinski definition) is 2. The minimum Gasteiger partial charge on any atom is -0.497 e. The van der Waals surface area contributed by atoms with Crippen LogP contribution in [0.1, 0.15) is 32.9 Å². The SMILES string of the molecule is COc1ccc(CNc2nc(C)cc(C(=O)Nc3ccc(C)cc3C)n2)cc1. The van der Waals surface area contributed by atoms with Gasteiger partial charge in [-0.25, -0.2) is 9.97 Å². The van der Waals surface area contributed by atoms with Gasteiger partial charge >= 0.3 is 0 Å². The van der Waals surface area contributed by atoms with E-state index in [0.717, 1.165) is 33.8 Å². The number of hydrogen-bond acceptors (Lipinski definition) is 5. The average Bonchev–Trinajstić information content (AvgIpc) is 2.68. The summed E-state index contributed by atoms with van der Waals surface area (Å²) >= 11 is 0. The largest absolute Gasteiger partial charge is 0.497 e. The van der Waals surface area contributed by atoms with E-state index in [-0.39, 0.29) is 5.91 Å². The van der Waals surface area contributed by atoms with Crippen molar-refractivity contribution >= 4 is 17.5 Å². The minimum absolute atomic E-state index is 0.259. The summed E-state index contributed by atoms with van der Waals surface area (Å²) in [5.74, 6) is 0.965. The Bertz CT molecular complexity index is 984. The Morgan fingerprint density at radius 1 is 1.00 bits per heavy atom. The van der Waals surface area contributed by atoms with Crippen molar-refractivity contribution in [2.45, 2.75) is 27.3 Å². The van der Waals surface area contributed by atoms with Crippen molar-refractivity contribution in [2.75, 3.05) is 17.7 Å². The first-order valence-electron chi connectivity index (χ1n) is 9.05. The molecule has 0 saturated heterocycles. The molecule has 6 nitrogen and oxygen atoms in total. The fourth-order valence-corrected chi connectivity index (χ4v) is 2.83. The Labute approximate surface area is 165 Å². The average molecular weight is 376 g/mol. The highest BCUT2D eigenvalue weighted by molar-refractivity contribution is 6.03. The molecule has 144 valence electrons. The fourth-order valence-electron chi connectivity index (χ4n) is 2.83. The third-order valence-electron chi connectivity index (χ3n) is 4.33. The van der Waals surface area contributed by atoms with Gasteiger partial charge in [-0.05, 0) is 56.2 Å². The third kappa shape index (κ3) is 4.85. The number of aromatic nitrogens is 2. The lowest BCUT2D eigenvalue weighted by atomic mass is 10.1. The van der Waals surface area contributed by atoms with Crippen LogP contribution in [0, 0.1) is 20.8 Å². The number of amides is 1. The monoisotopic (exact) mass is 376 g/mol. The molecule has 0 aliphatic heterocycles. The van der Waals surface area contributed by atoms with Crippen LogP contribution < -0.4 is 15.4 Å². The highest BCUT2D eigenvalue weighted by Crippen LogP contribution is 2.18. The zero-order chi connectivity index (χ0) is 20.1. The number of carbonyl (C=O) groups is 1. The summed E-state index contributed by atoms with van der Waals surface area (Å²) in [5, 5.41) is 6.10. The number of methoxy groups -OCH3 is 1. The van der Waals surface area contributed by atoms with Gasteiger partial charge in [0.15, 0.2) is 0 Å². The molecule has 0 fully saturated rings. The van der Waals surface area contributed by atoms with Crippen LogP contribution in [0.2, 0.25) is 0 Å². The van der Waals surface area contributed by atoms with Crippen LogP contribution in [0.15, 0.2) is 48.5 Å². The maximum absolute atomic E-state index is 12.7. The second-order valence-corrected chi connectivity index (χ2v) is 6.69. The van der Waals surface area contributed by atoms with Crippen molar-refractivity contribution < 1.29 is 9.53 Å². The second kappa shape index (κ2) is 8.52. The Balaban J connectivity index is 1.71. The standard InChI is InChI=1S/C22H24N4O2/c1-14-5-10-19(15(2)11-14)25-21(27)20-12-16(3)24-22(26-20)23-13-17-6-8-18(28-4)9-7-17/h5-12H,13H2,1-4H3,(H,25,27)(H,23,24,26). The van der Waals surface area contributed by atoms with Crippen LogP contribution in [0.4, 0.5) is 11.6 Å². The van der Waals surface area contributed by atoms with Crippen molar-refractivity contribution in [3.05, 3.63) is 76.6 Å². The van der Waals surface area contributed by atoms with Crippen LogP contribution in [-0.2, 0) is 6.54 Å². The molecule has 0 saturated carbocycles. The molecular weight excluding hydrogens is 352 g/mol. The van der Waals surface area contributed by atoms with E-state index in [2.05, 4.69) is 20.6 Å². The number of anilines is 2. The van der Waals surface area contributed by atoms with Gasteiger partial charge in [-0.2, -0.15) is 0 Å².